The zero-order valence-electron chi connectivity index (χ0n) is 11.6. The van der Waals surface area contributed by atoms with Gasteiger partial charge in [-0.05, 0) is 43.5 Å². The molecule has 1 heterocycles. The standard InChI is InChI=1S/C15H23NO3/c1-17-13-5-7-14(8-6-13)19-11-9-16-12-15-4-2-3-10-18-15/h5-8,15-16H,2-4,9-12H2,1H3. The average molecular weight is 265 g/mol. The molecule has 1 fully saturated rings. The van der Waals surface area contributed by atoms with Crippen molar-refractivity contribution in [2.24, 2.45) is 0 Å². The van der Waals surface area contributed by atoms with E-state index in [9.17, 15) is 0 Å². The molecule has 1 aromatic carbocycles. The van der Waals surface area contributed by atoms with Crippen LogP contribution in [0.1, 0.15) is 19.3 Å². The number of methoxy groups -OCH3 is 1. The van der Waals surface area contributed by atoms with Gasteiger partial charge in [-0.15, -0.1) is 0 Å². The maximum absolute atomic E-state index is 5.65. The van der Waals surface area contributed by atoms with E-state index >= 15 is 0 Å². The van der Waals surface area contributed by atoms with E-state index in [0.717, 1.165) is 31.2 Å². The van der Waals surface area contributed by atoms with Crippen LogP contribution < -0.4 is 14.8 Å². The Morgan fingerprint density at radius 1 is 1.21 bits per heavy atom. The van der Waals surface area contributed by atoms with E-state index in [2.05, 4.69) is 5.32 Å². The van der Waals surface area contributed by atoms with Crippen LogP contribution >= 0.6 is 0 Å². The molecule has 1 saturated heterocycles. The van der Waals surface area contributed by atoms with Crippen molar-refractivity contribution in [2.45, 2.75) is 25.4 Å². The van der Waals surface area contributed by atoms with Crippen molar-refractivity contribution in [1.82, 2.24) is 5.32 Å². The Labute approximate surface area is 115 Å². The maximum Gasteiger partial charge on any atom is 0.119 e. The molecule has 19 heavy (non-hydrogen) atoms. The third-order valence-corrected chi connectivity index (χ3v) is 3.25. The number of ether oxygens (including phenoxy) is 3. The molecule has 106 valence electrons. The lowest BCUT2D eigenvalue weighted by molar-refractivity contribution is 0.0167. The van der Waals surface area contributed by atoms with E-state index in [1.807, 2.05) is 24.3 Å². The van der Waals surface area contributed by atoms with Crippen LogP contribution in [0.4, 0.5) is 0 Å². The SMILES string of the molecule is COc1ccc(OCCNCC2CCCCO2)cc1. The monoisotopic (exact) mass is 265 g/mol. The molecule has 4 heteroatoms. The van der Waals surface area contributed by atoms with Crippen molar-refractivity contribution in [3.8, 4) is 11.5 Å². The fourth-order valence-electron chi connectivity index (χ4n) is 2.14. The number of rotatable bonds is 7. The first-order chi connectivity index (χ1) is 9.38. The molecule has 2 rings (SSSR count). The van der Waals surface area contributed by atoms with E-state index in [1.165, 1.54) is 19.3 Å². The first kappa shape index (κ1) is 14.2. The van der Waals surface area contributed by atoms with Crippen LogP contribution in [0.25, 0.3) is 0 Å². The molecule has 0 amide bonds. The lowest BCUT2D eigenvalue weighted by atomic mass is 10.1. The van der Waals surface area contributed by atoms with Crippen LogP contribution in [0.2, 0.25) is 0 Å². The summed E-state index contributed by atoms with van der Waals surface area (Å²) in [5.41, 5.74) is 0. The number of hydrogen-bond acceptors (Lipinski definition) is 4. The van der Waals surface area contributed by atoms with Gasteiger partial charge in [0, 0.05) is 19.7 Å². The predicted octanol–water partition coefficient (Wildman–Crippen LogP) is 2.23. The Kier molecular flexibility index (Phi) is 5.98. The van der Waals surface area contributed by atoms with Crippen LogP contribution in [0, 0.1) is 0 Å². The van der Waals surface area contributed by atoms with Gasteiger partial charge in [-0.1, -0.05) is 0 Å². The summed E-state index contributed by atoms with van der Waals surface area (Å²) in [6, 6.07) is 7.64. The zero-order chi connectivity index (χ0) is 13.3. The van der Waals surface area contributed by atoms with E-state index in [4.69, 9.17) is 14.2 Å². The summed E-state index contributed by atoms with van der Waals surface area (Å²) in [7, 11) is 1.66. The zero-order valence-corrected chi connectivity index (χ0v) is 11.6. The molecule has 0 aromatic heterocycles. The Balaban J connectivity index is 1.55. The van der Waals surface area contributed by atoms with Crippen LogP contribution in [-0.2, 0) is 4.74 Å². The molecule has 1 aromatic rings. The average Bonchev–Trinajstić information content (AvgIpc) is 2.49. The van der Waals surface area contributed by atoms with Gasteiger partial charge in [0.1, 0.15) is 18.1 Å². The maximum atomic E-state index is 5.65. The van der Waals surface area contributed by atoms with Gasteiger partial charge in [-0.2, -0.15) is 0 Å². The van der Waals surface area contributed by atoms with Crippen LogP contribution in [0.3, 0.4) is 0 Å². The fraction of sp³-hybridized carbons (Fsp3) is 0.600. The molecule has 0 spiro atoms. The Morgan fingerprint density at radius 2 is 2.00 bits per heavy atom. The fourth-order valence-corrected chi connectivity index (χ4v) is 2.14. The van der Waals surface area contributed by atoms with E-state index < -0.39 is 0 Å². The number of hydrogen-bond donors (Lipinski definition) is 1. The smallest absolute Gasteiger partial charge is 0.119 e. The van der Waals surface area contributed by atoms with Crippen molar-refractivity contribution in [3.63, 3.8) is 0 Å². The Morgan fingerprint density at radius 3 is 2.68 bits per heavy atom. The Bertz CT molecular complexity index is 347. The summed E-state index contributed by atoms with van der Waals surface area (Å²) < 4.78 is 16.4. The third-order valence-electron chi connectivity index (χ3n) is 3.25. The summed E-state index contributed by atoms with van der Waals surface area (Å²) in [4.78, 5) is 0. The Hall–Kier alpha value is -1.26. The molecule has 1 N–H and O–H groups in total. The highest BCUT2D eigenvalue weighted by Gasteiger charge is 2.12. The molecule has 0 radical (unpaired) electrons. The van der Waals surface area contributed by atoms with Gasteiger partial charge in [0.05, 0.1) is 13.2 Å². The molecule has 1 unspecified atom stereocenters. The second-order valence-electron chi connectivity index (χ2n) is 4.72. The molecule has 1 atom stereocenters. The summed E-state index contributed by atoms with van der Waals surface area (Å²) in [5, 5.41) is 3.37. The lowest BCUT2D eigenvalue weighted by Gasteiger charge is -2.22. The molecule has 1 aliphatic heterocycles. The van der Waals surface area contributed by atoms with E-state index in [-0.39, 0.29) is 0 Å². The van der Waals surface area contributed by atoms with Crippen LogP contribution in [0.15, 0.2) is 24.3 Å². The minimum absolute atomic E-state index is 0.384. The van der Waals surface area contributed by atoms with Gasteiger partial charge >= 0.3 is 0 Å². The van der Waals surface area contributed by atoms with E-state index in [0.29, 0.717) is 12.7 Å². The van der Waals surface area contributed by atoms with Gasteiger partial charge in [-0.3, -0.25) is 0 Å². The second kappa shape index (κ2) is 8.02. The predicted molar refractivity (Wildman–Crippen MR) is 74.9 cm³/mol. The van der Waals surface area contributed by atoms with E-state index in [1.54, 1.807) is 7.11 Å². The third kappa shape index (κ3) is 5.09. The van der Waals surface area contributed by atoms with Gasteiger partial charge in [0.25, 0.3) is 0 Å². The largest absolute Gasteiger partial charge is 0.497 e. The minimum atomic E-state index is 0.384. The summed E-state index contributed by atoms with van der Waals surface area (Å²) in [6.45, 7) is 3.34. The molecular formula is C15H23NO3. The lowest BCUT2D eigenvalue weighted by Crippen LogP contribution is -2.33. The molecule has 1 aliphatic rings. The normalized spacial score (nSPS) is 19.1. The first-order valence-corrected chi connectivity index (χ1v) is 6.97. The minimum Gasteiger partial charge on any atom is -0.497 e. The topological polar surface area (TPSA) is 39.7 Å². The first-order valence-electron chi connectivity index (χ1n) is 6.97. The summed E-state index contributed by atoms with van der Waals surface area (Å²) in [5.74, 6) is 1.72. The van der Waals surface area contributed by atoms with Crippen molar-refractivity contribution < 1.29 is 14.2 Å². The summed E-state index contributed by atoms with van der Waals surface area (Å²) >= 11 is 0. The molecule has 0 saturated carbocycles. The molecule has 0 bridgehead atoms. The highest BCUT2D eigenvalue weighted by atomic mass is 16.5. The molecule has 4 nitrogen and oxygen atoms in total. The number of benzene rings is 1. The van der Waals surface area contributed by atoms with Crippen molar-refractivity contribution in [3.05, 3.63) is 24.3 Å². The number of nitrogens with one attached hydrogen (secondary N) is 1. The molecule has 0 aliphatic carbocycles. The second-order valence-corrected chi connectivity index (χ2v) is 4.72. The highest BCUT2D eigenvalue weighted by Crippen LogP contribution is 2.16. The van der Waals surface area contributed by atoms with Crippen molar-refractivity contribution in [1.29, 1.82) is 0 Å². The van der Waals surface area contributed by atoms with Gasteiger partial charge in [0.15, 0.2) is 0 Å². The van der Waals surface area contributed by atoms with Gasteiger partial charge in [0.2, 0.25) is 0 Å². The van der Waals surface area contributed by atoms with Crippen molar-refractivity contribution >= 4 is 0 Å². The quantitative estimate of drug-likeness (QED) is 0.767. The highest BCUT2D eigenvalue weighted by molar-refractivity contribution is 5.31. The summed E-state index contributed by atoms with van der Waals surface area (Å²) in [6.07, 6.45) is 4.05. The van der Waals surface area contributed by atoms with Crippen LogP contribution in [0.5, 0.6) is 11.5 Å². The van der Waals surface area contributed by atoms with Gasteiger partial charge in [-0.25, -0.2) is 0 Å². The van der Waals surface area contributed by atoms with Crippen molar-refractivity contribution in [2.75, 3.05) is 33.4 Å². The van der Waals surface area contributed by atoms with Crippen LogP contribution in [-0.4, -0.2) is 39.5 Å². The molecular weight excluding hydrogens is 242 g/mol. The van der Waals surface area contributed by atoms with Gasteiger partial charge < -0.3 is 19.5 Å².